The van der Waals surface area contributed by atoms with E-state index in [0.717, 1.165) is 5.39 Å². The van der Waals surface area contributed by atoms with Gasteiger partial charge in [0.25, 0.3) is 0 Å². The molecule has 1 heterocycles. The molecule has 4 N–H and O–H groups in total. The van der Waals surface area contributed by atoms with Crippen LogP contribution in [0.5, 0.6) is 5.75 Å². The number of benzene rings is 2. The number of hydrogen-bond donors (Lipinski definition) is 4. The van der Waals surface area contributed by atoms with Crippen LogP contribution in [0.2, 0.25) is 5.02 Å². The van der Waals surface area contributed by atoms with Crippen LogP contribution < -0.4 is 26.2 Å². The van der Waals surface area contributed by atoms with Crippen LogP contribution in [0.25, 0.3) is 10.9 Å². The van der Waals surface area contributed by atoms with Crippen molar-refractivity contribution in [3.8, 4) is 5.75 Å². The van der Waals surface area contributed by atoms with Gasteiger partial charge >= 0.3 is 6.03 Å². The fourth-order valence-corrected chi connectivity index (χ4v) is 2.82. The number of amides is 2. The Kier molecular flexibility index (Phi) is 6.36. The molecule has 0 aliphatic rings. The minimum Gasteiger partial charge on any atom is -0.494 e. The van der Waals surface area contributed by atoms with Gasteiger partial charge in [0.1, 0.15) is 11.6 Å². The summed E-state index contributed by atoms with van der Waals surface area (Å²) >= 11 is 5.87. The van der Waals surface area contributed by atoms with Gasteiger partial charge in [0.05, 0.1) is 23.3 Å². The summed E-state index contributed by atoms with van der Waals surface area (Å²) in [6.45, 7) is 3.81. The number of urea groups is 1. The van der Waals surface area contributed by atoms with Crippen LogP contribution in [0.3, 0.4) is 0 Å². The highest BCUT2D eigenvalue weighted by Crippen LogP contribution is 2.34. The van der Waals surface area contributed by atoms with Gasteiger partial charge in [-0.2, -0.15) is 0 Å². The summed E-state index contributed by atoms with van der Waals surface area (Å²) in [4.78, 5) is 16.5. The summed E-state index contributed by atoms with van der Waals surface area (Å²) in [6.07, 6.45) is 1.64. The van der Waals surface area contributed by atoms with Crippen LogP contribution in [0.15, 0.2) is 42.6 Å². The van der Waals surface area contributed by atoms with Gasteiger partial charge in [-0.15, -0.1) is 0 Å². The molecule has 7 nitrogen and oxygen atoms in total. The van der Waals surface area contributed by atoms with Gasteiger partial charge in [0.2, 0.25) is 0 Å². The van der Waals surface area contributed by atoms with Crippen molar-refractivity contribution in [2.24, 2.45) is 0 Å². The van der Waals surface area contributed by atoms with E-state index in [9.17, 15) is 9.18 Å². The number of halogens is 2. The van der Waals surface area contributed by atoms with Crippen LogP contribution >= 0.6 is 11.6 Å². The fraction of sp³-hybridized carbons (Fsp3) is 0.200. The first-order chi connectivity index (χ1) is 13.9. The van der Waals surface area contributed by atoms with E-state index in [-0.39, 0.29) is 11.1 Å². The minimum absolute atomic E-state index is 0.0201. The second kappa shape index (κ2) is 8.93. The summed E-state index contributed by atoms with van der Waals surface area (Å²) in [5.74, 6) is -0.0271. The summed E-state index contributed by atoms with van der Waals surface area (Å²) in [7, 11) is 1.51. The SMILES string of the molecule is COc1cc2nccc(Nc3ccc(F)c(Cl)c3)c2cc1NC(=O)NNC(C)C. The third-order valence-electron chi connectivity index (χ3n) is 3.98. The summed E-state index contributed by atoms with van der Waals surface area (Å²) in [6, 6.07) is 9.28. The van der Waals surface area contributed by atoms with E-state index in [1.54, 1.807) is 30.5 Å². The molecular weight excluding hydrogens is 397 g/mol. The van der Waals surface area contributed by atoms with Crippen molar-refractivity contribution in [1.82, 2.24) is 15.8 Å². The van der Waals surface area contributed by atoms with Crippen molar-refractivity contribution < 1.29 is 13.9 Å². The first-order valence-corrected chi connectivity index (χ1v) is 9.26. The predicted molar refractivity (Wildman–Crippen MR) is 113 cm³/mol. The first-order valence-electron chi connectivity index (χ1n) is 8.88. The fourth-order valence-electron chi connectivity index (χ4n) is 2.64. The number of hydrazine groups is 1. The lowest BCUT2D eigenvalue weighted by Gasteiger charge is -2.16. The van der Waals surface area contributed by atoms with E-state index < -0.39 is 11.8 Å². The van der Waals surface area contributed by atoms with E-state index >= 15 is 0 Å². The zero-order valence-electron chi connectivity index (χ0n) is 16.1. The van der Waals surface area contributed by atoms with E-state index in [1.165, 1.54) is 19.2 Å². The van der Waals surface area contributed by atoms with Crippen molar-refractivity contribution in [2.45, 2.75) is 19.9 Å². The third-order valence-corrected chi connectivity index (χ3v) is 4.27. The summed E-state index contributed by atoms with van der Waals surface area (Å²) in [5.41, 5.74) is 7.84. The highest BCUT2D eigenvalue weighted by atomic mass is 35.5. The Morgan fingerprint density at radius 3 is 2.66 bits per heavy atom. The molecule has 0 saturated heterocycles. The lowest BCUT2D eigenvalue weighted by Crippen LogP contribution is -2.43. The quantitative estimate of drug-likeness (QED) is 0.432. The maximum atomic E-state index is 13.4. The van der Waals surface area contributed by atoms with E-state index in [1.807, 2.05) is 13.8 Å². The number of anilines is 3. The number of carbonyl (C=O) groups excluding carboxylic acids is 1. The Labute approximate surface area is 172 Å². The van der Waals surface area contributed by atoms with E-state index in [2.05, 4.69) is 26.5 Å². The summed E-state index contributed by atoms with van der Waals surface area (Å²) in [5, 5.41) is 6.71. The molecule has 0 saturated carbocycles. The Hall–Kier alpha value is -3.10. The molecule has 9 heteroatoms. The van der Waals surface area contributed by atoms with Gasteiger partial charge in [0, 0.05) is 35.1 Å². The molecule has 1 aromatic heterocycles. The lowest BCUT2D eigenvalue weighted by atomic mass is 10.1. The highest BCUT2D eigenvalue weighted by Gasteiger charge is 2.13. The second-order valence-electron chi connectivity index (χ2n) is 6.56. The Morgan fingerprint density at radius 1 is 1.17 bits per heavy atom. The average Bonchev–Trinajstić information content (AvgIpc) is 2.69. The maximum absolute atomic E-state index is 13.4. The Balaban J connectivity index is 1.95. The molecule has 3 rings (SSSR count). The van der Waals surface area contributed by atoms with Crippen LogP contribution in [0, 0.1) is 5.82 Å². The molecule has 2 amide bonds. The molecule has 0 fully saturated rings. The van der Waals surface area contributed by atoms with Gasteiger partial charge in [-0.25, -0.2) is 14.6 Å². The number of rotatable bonds is 6. The van der Waals surface area contributed by atoms with Crippen LogP contribution in [0.4, 0.5) is 26.2 Å². The first kappa shape index (κ1) is 20.6. The van der Waals surface area contributed by atoms with Gasteiger partial charge < -0.3 is 15.4 Å². The van der Waals surface area contributed by atoms with Crippen molar-refractivity contribution in [1.29, 1.82) is 0 Å². The molecule has 0 atom stereocenters. The Bertz CT molecular complexity index is 1040. The van der Waals surface area contributed by atoms with Crippen molar-refractivity contribution in [3.05, 3.63) is 53.4 Å². The molecule has 0 radical (unpaired) electrons. The molecule has 29 heavy (non-hydrogen) atoms. The molecular formula is C20H21ClFN5O2. The number of fused-ring (bicyclic) bond motifs is 1. The smallest absolute Gasteiger partial charge is 0.333 e. The number of nitrogens with zero attached hydrogens (tertiary/aromatic N) is 1. The topological polar surface area (TPSA) is 87.3 Å². The predicted octanol–water partition coefficient (Wildman–Crippen LogP) is 4.81. The molecule has 3 aromatic rings. The summed E-state index contributed by atoms with van der Waals surface area (Å²) < 4.78 is 18.8. The van der Waals surface area contributed by atoms with Gasteiger partial charge in [0.15, 0.2) is 0 Å². The van der Waals surface area contributed by atoms with Gasteiger partial charge in [-0.3, -0.25) is 10.4 Å². The zero-order chi connectivity index (χ0) is 21.0. The number of nitrogens with one attached hydrogen (secondary N) is 4. The molecule has 0 aliphatic heterocycles. The van der Waals surface area contributed by atoms with Gasteiger partial charge in [-0.05, 0) is 44.2 Å². The largest absolute Gasteiger partial charge is 0.494 e. The monoisotopic (exact) mass is 417 g/mol. The lowest BCUT2D eigenvalue weighted by molar-refractivity contribution is 0.246. The number of hydrogen-bond acceptors (Lipinski definition) is 5. The molecule has 0 spiro atoms. The molecule has 0 aliphatic carbocycles. The number of pyridine rings is 1. The minimum atomic E-state index is -0.492. The van der Waals surface area contributed by atoms with Crippen molar-refractivity contribution in [3.63, 3.8) is 0 Å². The second-order valence-corrected chi connectivity index (χ2v) is 6.97. The van der Waals surface area contributed by atoms with Crippen LogP contribution in [-0.4, -0.2) is 24.2 Å². The molecule has 152 valence electrons. The maximum Gasteiger partial charge on any atom is 0.333 e. The normalized spacial score (nSPS) is 10.8. The average molecular weight is 418 g/mol. The molecule has 2 aromatic carbocycles. The Morgan fingerprint density at radius 2 is 1.97 bits per heavy atom. The van der Waals surface area contributed by atoms with Crippen molar-refractivity contribution in [2.75, 3.05) is 17.7 Å². The number of aromatic nitrogens is 1. The van der Waals surface area contributed by atoms with Crippen LogP contribution in [-0.2, 0) is 0 Å². The molecule has 0 unspecified atom stereocenters. The number of carbonyl (C=O) groups is 1. The number of methoxy groups -OCH3 is 1. The zero-order valence-corrected chi connectivity index (χ0v) is 16.9. The standard InChI is InChI=1S/C20H21ClFN5O2/c1-11(2)26-27-20(28)25-18-9-13-16(6-7-23-17(13)10-19(18)29-3)24-12-4-5-15(22)14(21)8-12/h4-11,26H,1-3H3,(H,23,24)(H2,25,27,28). The van der Waals surface area contributed by atoms with Crippen LogP contribution in [0.1, 0.15) is 13.8 Å². The highest BCUT2D eigenvalue weighted by molar-refractivity contribution is 6.31. The van der Waals surface area contributed by atoms with Gasteiger partial charge in [-0.1, -0.05) is 11.6 Å². The van der Waals surface area contributed by atoms with E-state index in [4.69, 9.17) is 16.3 Å². The van der Waals surface area contributed by atoms with Crippen molar-refractivity contribution >= 4 is 45.6 Å². The third kappa shape index (κ3) is 5.04. The number of ether oxygens (including phenoxy) is 1. The molecule has 0 bridgehead atoms. The van der Waals surface area contributed by atoms with E-state index in [0.29, 0.717) is 28.3 Å².